The van der Waals surface area contributed by atoms with Gasteiger partial charge in [-0.2, -0.15) is 0 Å². The van der Waals surface area contributed by atoms with Crippen molar-refractivity contribution in [1.82, 2.24) is 9.88 Å². The number of aryl methyl sites for hydroxylation is 1. The standard InChI is InChI=1S/C8H12N2O2S/c1-6-9-7(5-13-6)8(12)10(2)3-4-11/h5,11H,3-4H2,1-2H3. The highest BCUT2D eigenvalue weighted by Crippen LogP contribution is 2.09. The van der Waals surface area contributed by atoms with E-state index in [0.717, 1.165) is 5.01 Å². The first-order valence-corrected chi connectivity index (χ1v) is 4.81. The second-order valence-corrected chi connectivity index (χ2v) is 3.76. The molecule has 0 spiro atoms. The summed E-state index contributed by atoms with van der Waals surface area (Å²) in [6, 6.07) is 0. The minimum Gasteiger partial charge on any atom is -0.395 e. The molecule has 0 unspecified atom stereocenters. The van der Waals surface area contributed by atoms with Crippen LogP contribution in [-0.4, -0.2) is 41.1 Å². The molecule has 0 bridgehead atoms. The highest BCUT2D eigenvalue weighted by molar-refractivity contribution is 7.09. The zero-order chi connectivity index (χ0) is 9.84. The Morgan fingerprint density at radius 3 is 2.92 bits per heavy atom. The molecule has 1 rings (SSSR count). The molecular weight excluding hydrogens is 188 g/mol. The maximum Gasteiger partial charge on any atom is 0.273 e. The van der Waals surface area contributed by atoms with Gasteiger partial charge in [-0.1, -0.05) is 0 Å². The smallest absolute Gasteiger partial charge is 0.273 e. The number of likely N-dealkylation sites (N-methyl/N-ethyl adjacent to an activating group) is 1. The molecule has 0 aliphatic rings. The summed E-state index contributed by atoms with van der Waals surface area (Å²) in [5, 5.41) is 11.2. The van der Waals surface area contributed by atoms with Crippen molar-refractivity contribution in [3.05, 3.63) is 16.1 Å². The van der Waals surface area contributed by atoms with Gasteiger partial charge in [0, 0.05) is 19.0 Å². The average Bonchev–Trinajstić information content (AvgIpc) is 2.51. The van der Waals surface area contributed by atoms with Crippen molar-refractivity contribution < 1.29 is 9.90 Å². The fourth-order valence-electron chi connectivity index (χ4n) is 0.909. The third-order valence-electron chi connectivity index (χ3n) is 1.62. The third kappa shape index (κ3) is 2.50. The molecule has 0 aliphatic carbocycles. The van der Waals surface area contributed by atoms with Gasteiger partial charge < -0.3 is 10.0 Å². The number of thiazole rings is 1. The number of aliphatic hydroxyl groups is 1. The van der Waals surface area contributed by atoms with Crippen LogP contribution in [0.2, 0.25) is 0 Å². The molecule has 1 N–H and O–H groups in total. The number of hydrogen-bond acceptors (Lipinski definition) is 4. The van der Waals surface area contributed by atoms with Gasteiger partial charge >= 0.3 is 0 Å². The van der Waals surface area contributed by atoms with E-state index in [1.807, 2.05) is 6.92 Å². The summed E-state index contributed by atoms with van der Waals surface area (Å²) < 4.78 is 0. The zero-order valence-corrected chi connectivity index (χ0v) is 8.47. The number of carbonyl (C=O) groups excluding carboxylic acids is 1. The van der Waals surface area contributed by atoms with E-state index in [9.17, 15) is 4.79 Å². The molecule has 13 heavy (non-hydrogen) atoms. The van der Waals surface area contributed by atoms with Crippen molar-refractivity contribution in [2.45, 2.75) is 6.92 Å². The summed E-state index contributed by atoms with van der Waals surface area (Å²) in [7, 11) is 1.65. The van der Waals surface area contributed by atoms with Gasteiger partial charge in [0.2, 0.25) is 0 Å². The summed E-state index contributed by atoms with van der Waals surface area (Å²) in [6.07, 6.45) is 0. The van der Waals surface area contributed by atoms with E-state index >= 15 is 0 Å². The molecule has 0 aromatic carbocycles. The Kier molecular flexibility index (Phi) is 3.39. The Balaban J connectivity index is 2.67. The second-order valence-electron chi connectivity index (χ2n) is 2.70. The van der Waals surface area contributed by atoms with Crippen molar-refractivity contribution >= 4 is 17.2 Å². The van der Waals surface area contributed by atoms with E-state index in [1.165, 1.54) is 16.2 Å². The van der Waals surface area contributed by atoms with Crippen molar-refractivity contribution in [2.24, 2.45) is 0 Å². The lowest BCUT2D eigenvalue weighted by Crippen LogP contribution is -2.29. The van der Waals surface area contributed by atoms with E-state index < -0.39 is 0 Å². The normalized spacial score (nSPS) is 10.1. The molecular formula is C8H12N2O2S. The predicted molar refractivity (Wildman–Crippen MR) is 50.9 cm³/mol. The second kappa shape index (κ2) is 4.34. The molecule has 0 saturated heterocycles. The van der Waals surface area contributed by atoms with Gasteiger partial charge in [0.15, 0.2) is 0 Å². The van der Waals surface area contributed by atoms with E-state index in [-0.39, 0.29) is 12.5 Å². The summed E-state index contributed by atoms with van der Waals surface area (Å²) in [4.78, 5) is 17.0. The maximum absolute atomic E-state index is 11.5. The Bertz CT molecular complexity index is 298. The highest BCUT2D eigenvalue weighted by Gasteiger charge is 2.13. The SMILES string of the molecule is Cc1nc(C(=O)N(C)CCO)cs1. The first kappa shape index (κ1) is 10.1. The Morgan fingerprint density at radius 1 is 1.77 bits per heavy atom. The molecule has 1 aromatic heterocycles. The van der Waals surface area contributed by atoms with Crippen LogP contribution in [0.1, 0.15) is 15.5 Å². The van der Waals surface area contributed by atoms with E-state index in [0.29, 0.717) is 12.2 Å². The van der Waals surface area contributed by atoms with Crippen LogP contribution in [0.25, 0.3) is 0 Å². The van der Waals surface area contributed by atoms with E-state index in [4.69, 9.17) is 5.11 Å². The lowest BCUT2D eigenvalue weighted by Gasteiger charge is -2.13. The van der Waals surface area contributed by atoms with Crippen molar-refractivity contribution in [3.8, 4) is 0 Å². The maximum atomic E-state index is 11.5. The summed E-state index contributed by atoms with van der Waals surface area (Å²) in [6.45, 7) is 2.17. The number of nitrogens with zero attached hydrogens (tertiary/aromatic N) is 2. The number of aromatic nitrogens is 1. The fraction of sp³-hybridized carbons (Fsp3) is 0.500. The van der Waals surface area contributed by atoms with Gasteiger partial charge in [0.05, 0.1) is 11.6 Å². The van der Waals surface area contributed by atoms with Gasteiger partial charge in [-0.15, -0.1) is 11.3 Å². The Labute approximate surface area is 80.8 Å². The monoisotopic (exact) mass is 200 g/mol. The number of amides is 1. The van der Waals surface area contributed by atoms with Crippen LogP contribution < -0.4 is 0 Å². The van der Waals surface area contributed by atoms with Crippen LogP contribution in [0.15, 0.2) is 5.38 Å². The van der Waals surface area contributed by atoms with Gasteiger partial charge in [0.25, 0.3) is 5.91 Å². The summed E-state index contributed by atoms with van der Waals surface area (Å²) in [5.41, 5.74) is 0.457. The minimum absolute atomic E-state index is 0.0225. The first-order chi connectivity index (χ1) is 6.15. The van der Waals surface area contributed by atoms with Gasteiger partial charge in [-0.05, 0) is 6.92 Å². The van der Waals surface area contributed by atoms with Crippen LogP contribution in [0.5, 0.6) is 0 Å². The molecule has 0 fully saturated rings. The van der Waals surface area contributed by atoms with Crippen LogP contribution in [0, 0.1) is 6.92 Å². The largest absolute Gasteiger partial charge is 0.395 e. The quantitative estimate of drug-likeness (QED) is 0.773. The van der Waals surface area contributed by atoms with Gasteiger partial charge in [-0.3, -0.25) is 4.79 Å². The molecule has 5 heteroatoms. The topological polar surface area (TPSA) is 53.4 Å². The fourth-order valence-corrected chi connectivity index (χ4v) is 1.50. The molecule has 72 valence electrons. The minimum atomic E-state index is -0.140. The highest BCUT2D eigenvalue weighted by atomic mass is 32.1. The average molecular weight is 200 g/mol. The first-order valence-electron chi connectivity index (χ1n) is 3.93. The van der Waals surface area contributed by atoms with Crippen molar-refractivity contribution in [3.63, 3.8) is 0 Å². The Hall–Kier alpha value is -0.940. The number of aliphatic hydroxyl groups excluding tert-OH is 1. The molecule has 4 nitrogen and oxygen atoms in total. The van der Waals surface area contributed by atoms with Crippen LogP contribution in [0.3, 0.4) is 0 Å². The molecule has 1 aromatic rings. The van der Waals surface area contributed by atoms with Crippen LogP contribution in [-0.2, 0) is 0 Å². The molecule has 0 saturated carbocycles. The van der Waals surface area contributed by atoms with E-state index in [2.05, 4.69) is 4.98 Å². The number of hydrogen-bond donors (Lipinski definition) is 1. The molecule has 0 atom stereocenters. The number of carbonyl (C=O) groups is 1. The summed E-state index contributed by atoms with van der Waals surface area (Å²) in [5.74, 6) is -0.140. The van der Waals surface area contributed by atoms with Gasteiger partial charge in [0.1, 0.15) is 5.69 Å². The van der Waals surface area contributed by atoms with E-state index in [1.54, 1.807) is 12.4 Å². The van der Waals surface area contributed by atoms with Crippen LogP contribution in [0.4, 0.5) is 0 Å². The van der Waals surface area contributed by atoms with Crippen molar-refractivity contribution in [1.29, 1.82) is 0 Å². The lowest BCUT2D eigenvalue weighted by molar-refractivity contribution is 0.0762. The third-order valence-corrected chi connectivity index (χ3v) is 2.39. The zero-order valence-electron chi connectivity index (χ0n) is 7.65. The lowest BCUT2D eigenvalue weighted by atomic mass is 10.4. The number of rotatable bonds is 3. The molecule has 1 amide bonds. The molecule has 0 aliphatic heterocycles. The summed E-state index contributed by atoms with van der Waals surface area (Å²) >= 11 is 1.45. The van der Waals surface area contributed by atoms with Crippen LogP contribution >= 0.6 is 11.3 Å². The predicted octanol–water partition coefficient (Wildman–Crippen LogP) is 0.516. The van der Waals surface area contributed by atoms with Gasteiger partial charge in [-0.25, -0.2) is 4.98 Å². The van der Waals surface area contributed by atoms with Crippen molar-refractivity contribution in [2.75, 3.05) is 20.2 Å². The molecule has 0 radical (unpaired) electrons. The Morgan fingerprint density at radius 2 is 2.46 bits per heavy atom. The molecule has 1 heterocycles.